The van der Waals surface area contributed by atoms with Gasteiger partial charge in [0.1, 0.15) is 5.69 Å². The van der Waals surface area contributed by atoms with E-state index in [0.717, 1.165) is 0 Å². The van der Waals surface area contributed by atoms with Gasteiger partial charge in [0.15, 0.2) is 0 Å². The van der Waals surface area contributed by atoms with Gasteiger partial charge in [0.2, 0.25) is 0 Å². The lowest BCUT2D eigenvalue weighted by atomic mass is 10.3. The van der Waals surface area contributed by atoms with Gasteiger partial charge in [-0.15, -0.1) is 0 Å². The number of hydrogen-bond acceptors (Lipinski definition) is 4. The Morgan fingerprint density at radius 2 is 2.24 bits per heavy atom. The second-order valence-electron chi connectivity index (χ2n) is 3.99. The van der Waals surface area contributed by atoms with Crippen molar-refractivity contribution in [3.05, 3.63) is 11.4 Å². The van der Waals surface area contributed by atoms with Crippen LogP contribution >= 0.6 is 0 Å². The Bertz CT molecular complexity index is 455. The summed E-state index contributed by atoms with van der Waals surface area (Å²) >= 11 is 0. The molecule has 3 N–H and O–H groups in total. The van der Waals surface area contributed by atoms with Crippen LogP contribution in [-0.2, 0) is 17.8 Å². The van der Waals surface area contributed by atoms with Gasteiger partial charge < -0.3 is 11.1 Å². The Kier molecular flexibility index (Phi) is 4.28. The van der Waals surface area contributed by atoms with Gasteiger partial charge in [-0.1, -0.05) is 0 Å². The van der Waals surface area contributed by atoms with Gasteiger partial charge in [0.25, 0.3) is 5.91 Å². The van der Waals surface area contributed by atoms with Crippen LogP contribution in [-0.4, -0.2) is 37.9 Å². The van der Waals surface area contributed by atoms with Crippen LogP contribution in [0.25, 0.3) is 0 Å². The highest BCUT2D eigenvalue weighted by Gasteiger charge is 2.18. The Balaban J connectivity index is 2.74. The van der Waals surface area contributed by atoms with Crippen LogP contribution in [0.5, 0.6) is 0 Å². The second-order valence-corrected chi connectivity index (χ2v) is 5.79. The summed E-state index contributed by atoms with van der Waals surface area (Å²) in [4.78, 5) is 11.9. The first-order valence-electron chi connectivity index (χ1n) is 5.24. The molecular formula is C10H18N4O2S. The van der Waals surface area contributed by atoms with Gasteiger partial charge in [-0.2, -0.15) is 5.10 Å². The van der Waals surface area contributed by atoms with E-state index in [2.05, 4.69) is 10.4 Å². The molecule has 1 amide bonds. The molecule has 17 heavy (non-hydrogen) atoms. The van der Waals surface area contributed by atoms with Gasteiger partial charge >= 0.3 is 0 Å². The summed E-state index contributed by atoms with van der Waals surface area (Å²) in [7, 11) is 0.709. The largest absolute Gasteiger partial charge is 0.395 e. The average Bonchev–Trinajstić information content (AvgIpc) is 2.49. The molecule has 0 bridgehead atoms. The number of aryl methyl sites for hydroxylation is 2. The smallest absolute Gasteiger partial charge is 0.271 e. The van der Waals surface area contributed by atoms with Gasteiger partial charge in [0.05, 0.1) is 11.4 Å². The Morgan fingerprint density at radius 3 is 2.65 bits per heavy atom. The number of carbonyl (C=O) groups is 1. The predicted octanol–water partition coefficient (Wildman–Crippen LogP) is -0.192. The van der Waals surface area contributed by atoms with Crippen molar-refractivity contribution in [2.24, 2.45) is 7.05 Å². The van der Waals surface area contributed by atoms with Gasteiger partial charge in [0, 0.05) is 35.9 Å². The molecule has 1 aromatic heterocycles. The summed E-state index contributed by atoms with van der Waals surface area (Å²) in [6.07, 6.45) is 1.61. The maximum absolute atomic E-state index is 11.9. The standard InChI is InChI=1S/C10H18N4O2S/c1-6(17(4)16)5-12-10(15)9-8(11)7(2)13-14(9)3/h6H,5,11H2,1-4H3,(H,12,15). The van der Waals surface area contributed by atoms with Crippen molar-refractivity contribution in [2.45, 2.75) is 19.1 Å². The number of aromatic nitrogens is 2. The third-order valence-corrected chi connectivity index (χ3v) is 3.90. The molecule has 0 saturated carbocycles. The van der Waals surface area contributed by atoms with E-state index in [1.54, 1.807) is 20.2 Å². The molecule has 1 aromatic rings. The molecule has 0 aliphatic heterocycles. The van der Waals surface area contributed by atoms with E-state index in [9.17, 15) is 9.00 Å². The van der Waals surface area contributed by atoms with Crippen LogP contribution < -0.4 is 11.1 Å². The summed E-state index contributed by atoms with van der Waals surface area (Å²) in [5, 5.41) is 6.68. The molecule has 0 aromatic carbocycles. The Morgan fingerprint density at radius 1 is 1.65 bits per heavy atom. The number of nitrogens with zero attached hydrogens (tertiary/aromatic N) is 2. The molecular weight excluding hydrogens is 240 g/mol. The maximum atomic E-state index is 11.9. The van der Waals surface area contributed by atoms with Crippen LogP contribution in [0.3, 0.4) is 0 Å². The van der Waals surface area contributed by atoms with Crippen LogP contribution in [0.1, 0.15) is 23.1 Å². The Labute approximate surface area is 103 Å². The number of nitrogens with two attached hydrogens (primary N) is 1. The molecule has 1 heterocycles. The SMILES string of the molecule is Cc1nn(C)c(C(=O)NCC(C)S(C)=O)c1N. The molecule has 2 unspecified atom stereocenters. The highest BCUT2D eigenvalue weighted by molar-refractivity contribution is 7.84. The topological polar surface area (TPSA) is 90.0 Å². The van der Waals surface area contributed by atoms with Crippen LogP contribution in [0.4, 0.5) is 5.69 Å². The van der Waals surface area contributed by atoms with E-state index >= 15 is 0 Å². The van der Waals surface area contributed by atoms with E-state index in [4.69, 9.17) is 5.73 Å². The maximum Gasteiger partial charge on any atom is 0.271 e. The summed E-state index contributed by atoms with van der Waals surface area (Å²) in [6, 6.07) is 0. The van der Waals surface area contributed by atoms with Crippen molar-refractivity contribution in [3.8, 4) is 0 Å². The second kappa shape index (κ2) is 5.31. The third-order valence-electron chi connectivity index (χ3n) is 2.60. The summed E-state index contributed by atoms with van der Waals surface area (Å²) < 4.78 is 12.6. The Hall–Kier alpha value is -1.37. The fourth-order valence-corrected chi connectivity index (χ4v) is 1.70. The monoisotopic (exact) mass is 258 g/mol. The van der Waals surface area contributed by atoms with Crippen LogP contribution in [0.15, 0.2) is 0 Å². The van der Waals surface area contributed by atoms with Crippen molar-refractivity contribution < 1.29 is 9.00 Å². The molecule has 7 heteroatoms. The first-order chi connectivity index (χ1) is 7.84. The van der Waals surface area contributed by atoms with E-state index in [-0.39, 0.29) is 11.2 Å². The molecule has 0 fully saturated rings. The number of nitrogens with one attached hydrogen (secondary N) is 1. The van der Waals surface area contributed by atoms with Gasteiger partial charge in [-0.25, -0.2) is 0 Å². The lowest BCUT2D eigenvalue weighted by molar-refractivity contribution is 0.0945. The van der Waals surface area contributed by atoms with Crippen molar-refractivity contribution in [1.29, 1.82) is 0 Å². The normalized spacial score (nSPS) is 14.4. The van der Waals surface area contributed by atoms with E-state index in [1.165, 1.54) is 4.68 Å². The van der Waals surface area contributed by atoms with Crippen LogP contribution in [0.2, 0.25) is 0 Å². The van der Waals surface area contributed by atoms with Crippen molar-refractivity contribution >= 4 is 22.4 Å². The van der Waals surface area contributed by atoms with Gasteiger partial charge in [-0.3, -0.25) is 13.7 Å². The number of amides is 1. The quantitative estimate of drug-likeness (QED) is 0.783. The minimum absolute atomic E-state index is 0.0884. The van der Waals surface area contributed by atoms with Crippen LogP contribution in [0, 0.1) is 6.92 Å². The molecule has 0 aliphatic carbocycles. The van der Waals surface area contributed by atoms with E-state index < -0.39 is 10.8 Å². The molecule has 0 radical (unpaired) electrons. The highest BCUT2D eigenvalue weighted by atomic mass is 32.2. The lowest BCUT2D eigenvalue weighted by Gasteiger charge is -2.10. The summed E-state index contributed by atoms with van der Waals surface area (Å²) in [5.41, 5.74) is 7.12. The fraction of sp³-hybridized carbons (Fsp3) is 0.600. The van der Waals surface area contributed by atoms with Crippen molar-refractivity contribution in [1.82, 2.24) is 15.1 Å². The molecule has 6 nitrogen and oxygen atoms in total. The minimum Gasteiger partial charge on any atom is -0.395 e. The molecule has 0 aliphatic rings. The number of nitrogen functional groups attached to an aromatic ring is 1. The number of anilines is 1. The molecule has 0 spiro atoms. The minimum atomic E-state index is -0.957. The summed E-state index contributed by atoms with van der Waals surface area (Å²) in [6.45, 7) is 3.91. The first kappa shape index (κ1) is 13.7. The molecule has 2 atom stereocenters. The molecule has 96 valence electrons. The summed E-state index contributed by atoms with van der Waals surface area (Å²) in [5.74, 6) is -0.289. The molecule has 0 saturated heterocycles. The lowest BCUT2D eigenvalue weighted by Crippen LogP contribution is -2.34. The molecule has 1 rings (SSSR count). The zero-order valence-electron chi connectivity index (χ0n) is 10.5. The van der Waals surface area contributed by atoms with Gasteiger partial charge in [-0.05, 0) is 13.8 Å². The highest BCUT2D eigenvalue weighted by Crippen LogP contribution is 2.14. The third kappa shape index (κ3) is 3.06. The number of carbonyl (C=O) groups excluding carboxylic acids is 1. The average molecular weight is 258 g/mol. The number of hydrogen-bond donors (Lipinski definition) is 2. The van der Waals surface area contributed by atoms with Crippen molar-refractivity contribution in [3.63, 3.8) is 0 Å². The zero-order valence-corrected chi connectivity index (χ0v) is 11.3. The van der Waals surface area contributed by atoms with Crippen molar-refractivity contribution in [2.75, 3.05) is 18.5 Å². The van der Waals surface area contributed by atoms with E-state index in [0.29, 0.717) is 23.6 Å². The predicted molar refractivity (Wildman–Crippen MR) is 68.2 cm³/mol. The first-order valence-corrected chi connectivity index (χ1v) is 6.86. The number of rotatable bonds is 4. The fourth-order valence-electron chi connectivity index (χ4n) is 1.38. The zero-order chi connectivity index (χ0) is 13.2. The van der Waals surface area contributed by atoms with E-state index in [1.807, 2.05) is 6.92 Å².